The van der Waals surface area contributed by atoms with Crippen LogP contribution >= 0.6 is 0 Å². The second-order valence-electron chi connectivity index (χ2n) is 5.29. The zero-order valence-corrected chi connectivity index (χ0v) is 12.5. The van der Waals surface area contributed by atoms with Crippen LogP contribution in [-0.4, -0.2) is 63.5 Å². The lowest BCUT2D eigenvalue weighted by molar-refractivity contribution is -0.0332. The fourth-order valence-corrected chi connectivity index (χ4v) is 2.96. The number of rotatable bonds is 8. The second-order valence-corrected chi connectivity index (χ2v) is 5.29. The molecule has 0 spiro atoms. The molecule has 1 aliphatic heterocycles. The fraction of sp³-hybridized carbons (Fsp3) is 1.00. The van der Waals surface area contributed by atoms with Crippen molar-refractivity contribution in [3.63, 3.8) is 0 Å². The predicted octanol–water partition coefficient (Wildman–Crippen LogP) is 1.50. The number of morpholine rings is 1. The third-order valence-corrected chi connectivity index (χ3v) is 4.39. The molecule has 0 aromatic rings. The molecular weight excluding hydrogens is 228 g/mol. The zero-order valence-electron chi connectivity index (χ0n) is 12.5. The quantitative estimate of drug-likeness (QED) is 0.669. The minimum absolute atomic E-state index is 0.215. The van der Waals surface area contributed by atoms with Gasteiger partial charge in [-0.05, 0) is 33.2 Å². The lowest BCUT2D eigenvalue weighted by atomic mass is 9.84. The van der Waals surface area contributed by atoms with Gasteiger partial charge < -0.3 is 14.8 Å². The fourth-order valence-electron chi connectivity index (χ4n) is 2.96. The van der Waals surface area contributed by atoms with Crippen molar-refractivity contribution in [1.29, 1.82) is 0 Å². The minimum atomic E-state index is 0.215. The monoisotopic (exact) mass is 258 g/mol. The smallest absolute Gasteiger partial charge is 0.0594 e. The first-order chi connectivity index (χ1) is 8.69. The van der Waals surface area contributed by atoms with Gasteiger partial charge in [-0.1, -0.05) is 6.92 Å². The van der Waals surface area contributed by atoms with E-state index in [1.807, 2.05) is 0 Å². The standard InChI is InChI=1S/C14H30N2O2/c1-5-14(2,16-8-11-18-12-9-16)13(15-3)7-6-10-17-4/h13,15H,5-12H2,1-4H3. The highest BCUT2D eigenvalue weighted by Crippen LogP contribution is 2.27. The molecule has 0 saturated carbocycles. The van der Waals surface area contributed by atoms with E-state index in [4.69, 9.17) is 9.47 Å². The van der Waals surface area contributed by atoms with Crippen molar-refractivity contribution in [2.24, 2.45) is 0 Å². The summed E-state index contributed by atoms with van der Waals surface area (Å²) in [7, 11) is 3.85. The average molecular weight is 258 g/mol. The summed E-state index contributed by atoms with van der Waals surface area (Å²) in [4.78, 5) is 2.59. The van der Waals surface area contributed by atoms with Crippen molar-refractivity contribution in [2.75, 3.05) is 47.1 Å². The van der Waals surface area contributed by atoms with E-state index < -0.39 is 0 Å². The Bertz CT molecular complexity index is 220. The van der Waals surface area contributed by atoms with E-state index >= 15 is 0 Å². The zero-order chi connectivity index (χ0) is 13.4. The van der Waals surface area contributed by atoms with Crippen molar-refractivity contribution < 1.29 is 9.47 Å². The van der Waals surface area contributed by atoms with Crippen LogP contribution in [0.1, 0.15) is 33.1 Å². The SMILES string of the molecule is CCC(C)(C(CCCOC)NC)N1CCOCC1. The Hall–Kier alpha value is -0.160. The van der Waals surface area contributed by atoms with Gasteiger partial charge in [0.15, 0.2) is 0 Å². The molecule has 1 aliphatic rings. The van der Waals surface area contributed by atoms with Gasteiger partial charge in [-0.25, -0.2) is 0 Å². The number of methoxy groups -OCH3 is 1. The van der Waals surface area contributed by atoms with Crippen molar-refractivity contribution >= 4 is 0 Å². The highest BCUT2D eigenvalue weighted by Gasteiger charge is 2.37. The first-order valence-corrected chi connectivity index (χ1v) is 7.18. The summed E-state index contributed by atoms with van der Waals surface area (Å²) >= 11 is 0. The van der Waals surface area contributed by atoms with E-state index in [2.05, 4.69) is 31.1 Å². The van der Waals surface area contributed by atoms with Gasteiger partial charge >= 0.3 is 0 Å². The number of likely N-dealkylation sites (N-methyl/N-ethyl adjacent to an activating group) is 1. The summed E-state index contributed by atoms with van der Waals surface area (Å²) < 4.78 is 10.6. The van der Waals surface area contributed by atoms with Crippen LogP contribution in [0, 0.1) is 0 Å². The Balaban J connectivity index is 2.62. The predicted molar refractivity (Wildman–Crippen MR) is 75.0 cm³/mol. The van der Waals surface area contributed by atoms with E-state index in [1.54, 1.807) is 7.11 Å². The Morgan fingerprint density at radius 3 is 2.56 bits per heavy atom. The van der Waals surface area contributed by atoms with Crippen LogP contribution in [0.2, 0.25) is 0 Å². The van der Waals surface area contributed by atoms with Crippen LogP contribution in [0.25, 0.3) is 0 Å². The van der Waals surface area contributed by atoms with Gasteiger partial charge in [-0.3, -0.25) is 4.90 Å². The summed E-state index contributed by atoms with van der Waals surface area (Å²) in [6, 6.07) is 0.510. The first kappa shape index (κ1) is 15.9. The van der Waals surface area contributed by atoms with Gasteiger partial charge in [0.1, 0.15) is 0 Å². The minimum Gasteiger partial charge on any atom is -0.385 e. The Labute approximate surface area is 112 Å². The lowest BCUT2D eigenvalue weighted by Crippen LogP contribution is -2.61. The van der Waals surface area contributed by atoms with Crippen LogP contribution in [0.15, 0.2) is 0 Å². The molecule has 108 valence electrons. The molecule has 18 heavy (non-hydrogen) atoms. The van der Waals surface area contributed by atoms with Gasteiger partial charge in [-0.2, -0.15) is 0 Å². The average Bonchev–Trinajstić information content (AvgIpc) is 2.44. The molecule has 0 bridgehead atoms. The normalized spacial score (nSPS) is 22.7. The van der Waals surface area contributed by atoms with Gasteiger partial charge in [-0.15, -0.1) is 0 Å². The Kier molecular flexibility index (Phi) is 7.15. The molecule has 2 unspecified atom stereocenters. The maximum absolute atomic E-state index is 5.47. The third-order valence-electron chi connectivity index (χ3n) is 4.39. The number of hydrogen-bond donors (Lipinski definition) is 1. The Morgan fingerprint density at radius 1 is 1.39 bits per heavy atom. The molecule has 0 aromatic carbocycles. The van der Waals surface area contributed by atoms with E-state index in [0.717, 1.165) is 52.2 Å². The van der Waals surface area contributed by atoms with Crippen LogP contribution in [0.4, 0.5) is 0 Å². The molecule has 0 aromatic heterocycles. The van der Waals surface area contributed by atoms with E-state index in [1.165, 1.54) is 0 Å². The van der Waals surface area contributed by atoms with Crippen molar-refractivity contribution in [3.05, 3.63) is 0 Å². The summed E-state index contributed by atoms with van der Waals surface area (Å²) in [5, 5.41) is 3.51. The van der Waals surface area contributed by atoms with Gasteiger partial charge in [0, 0.05) is 38.4 Å². The molecule has 0 aliphatic carbocycles. The van der Waals surface area contributed by atoms with Crippen molar-refractivity contribution in [3.8, 4) is 0 Å². The number of nitrogens with one attached hydrogen (secondary N) is 1. The molecule has 1 rings (SSSR count). The summed E-state index contributed by atoms with van der Waals surface area (Å²) in [5.74, 6) is 0. The maximum Gasteiger partial charge on any atom is 0.0594 e. The molecule has 4 heteroatoms. The first-order valence-electron chi connectivity index (χ1n) is 7.18. The summed E-state index contributed by atoms with van der Waals surface area (Å²) in [6.45, 7) is 9.34. The molecular formula is C14H30N2O2. The highest BCUT2D eigenvalue weighted by molar-refractivity contribution is 4.96. The molecule has 2 atom stereocenters. The van der Waals surface area contributed by atoms with Gasteiger partial charge in [0.05, 0.1) is 13.2 Å². The Morgan fingerprint density at radius 2 is 2.06 bits per heavy atom. The molecule has 1 fully saturated rings. The van der Waals surface area contributed by atoms with Crippen LogP contribution < -0.4 is 5.32 Å². The number of nitrogens with zero attached hydrogens (tertiary/aromatic N) is 1. The van der Waals surface area contributed by atoms with Gasteiger partial charge in [0.25, 0.3) is 0 Å². The number of hydrogen-bond acceptors (Lipinski definition) is 4. The molecule has 1 N–H and O–H groups in total. The summed E-state index contributed by atoms with van der Waals surface area (Å²) in [6.07, 6.45) is 3.43. The summed E-state index contributed by atoms with van der Waals surface area (Å²) in [5.41, 5.74) is 0.215. The molecule has 1 saturated heterocycles. The van der Waals surface area contributed by atoms with Crippen LogP contribution in [0.3, 0.4) is 0 Å². The van der Waals surface area contributed by atoms with E-state index in [-0.39, 0.29) is 5.54 Å². The lowest BCUT2D eigenvalue weighted by Gasteiger charge is -2.48. The van der Waals surface area contributed by atoms with E-state index in [0.29, 0.717) is 6.04 Å². The largest absolute Gasteiger partial charge is 0.385 e. The molecule has 0 radical (unpaired) electrons. The topological polar surface area (TPSA) is 33.7 Å². The third kappa shape index (κ3) is 3.92. The van der Waals surface area contributed by atoms with Crippen molar-refractivity contribution in [1.82, 2.24) is 10.2 Å². The molecule has 0 amide bonds. The maximum atomic E-state index is 5.47. The van der Waals surface area contributed by atoms with Crippen LogP contribution in [0.5, 0.6) is 0 Å². The van der Waals surface area contributed by atoms with E-state index in [9.17, 15) is 0 Å². The molecule has 1 heterocycles. The second kappa shape index (κ2) is 8.10. The highest BCUT2D eigenvalue weighted by atomic mass is 16.5. The number of ether oxygens (including phenoxy) is 2. The van der Waals surface area contributed by atoms with Crippen molar-refractivity contribution in [2.45, 2.75) is 44.7 Å². The van der Waals surface area contributed by atoms with Gasteiger partial charge in [0.2, 0.25) is 0 Å². The van der Waals surface area contributed by atoms with Crippen LogP contribution in [-0.2, 0) is 9.47 Å². The molecule has 4 nitrogen and oxygen atoms in total.